The van der Waals surface area contributed by atoms with Crippen molar-refractivity contribution in [3.63, 3.8) is 0 Å². The Morgan fingerprint density at radius 2 is 2.05 bits per heavy atom. The van der Waals surface area contributed by atoms with Gasteiger partial charge in [0, 0.05) is 33.5 Å². The Morgan fingerprint density at radius 1 is 1.32 bits per heavy atom. The quantitative estimate of drug-likeness (QED) is 0.857. The number of carbonyl (C=O) groups is 2. The maximum Gasteiger partial charge on any atom is 0.223 e. The molecule has 5 heteroatoms. The number of amides is 2. The predicted molar refractivity (Wildman–Crippen MR) is 82.8 cm³/mol. The Balaban J connectivity index is 1.96. The van der Waals surface area contributed by atoms with E-state index in [0.717, 1.165) is 17.5 Å². The molecule has 2 amide bonds. The lowest BCUT2D eigenvalue weighted by molar-refractivity contribution is -0.134. The highest BCUT2D eigenvalue weighted by Crippen LogP contribution is 2.30. The first kappa shape index (κ1) is 16.5. The summed E-state index contributed by atoms with van der Waals surface area (Å²) in [6.45, 7) is 2.58. The van der Waals surface area contributed by atoms with Crippen LogP contribution in [0.2, 0.25) is 0 Å². The topological polar surface area (TPSA) is 40.6 Å². The molecule has 0 saturated carbocycles. The van der Waals surface area contributed by atoms with E-state index in [4.69, 9.17) is 0 Å². The molecular formula is C17H23FN2O2. The fourth-order valence-electron chi connectivity index (χ4n) is 2.88. The second-order valence-corrected chi connectivity index (χ2v) is 6.00. The fourth-order valence-corrected chi connectivity index (χ4v) is 2.88. The standard InChI is InChI=1S/C17H23FN2O2/c1-12-15-11-14(18)8-7-13(15)9-10-20(12)17(22)6-4-5-16(21)19(2)3/h7-8,11-12H,4-6,9-10H2,1-3H3. The molecule has 22 heavy (non-hydrogen) atoms. The molecule has 1 aromatic carbocycles. The Bertz CT molecular complexity index is 572. The second kappa shape index (κ2) is 6.90. The van der Waals surface area contributed by atoms with Gasteiger partial charge < -0.3 is 9.80 Å². The molecule has 0 bridgehead atoms. The summed E-state index contributed by atoms with van der Waals surface area (Å²) in [4.78, 5) is 27.2. The normalized spacial score (nSPS) is 17.1. The van der Waals surface area contributed by atoms with Crippen LogP contribution in [0.3, 0.4) is 0 Å². The molecular weight excluding hydrogens is 283 g/mol. The first-order valence-electron chi connectivity index (χ1n) is 7.68. The molecule has 0 fully saturated rings. The van der Waals surface area contributed by atoms with Crippen LogP contribution in [0.15, 0.2) is 18.2 Å². The van der Waals surface area contributed by atoms with Gasteiger partial charge >= 0.3 is 0 Å². The van der Waals surface area contributed by atoms with Crippen LogP contribution in [0.25, 0.3) is 0 Å². The predicted octanol–water partition coefficient (Wildman–Crippen LogP) is 2.53. The van der Waals surface area contributed by atoms with E-state index in [0.29, 0.717) is 25.8 Å². The van der Waals surface area contributed by atoms with Gasteiger partial charge in [0.2, 0.25) is 11.8 Å². The third-order valence-electron chi connectivity index (χ3n) is 4.25. The zero-order chi connectivity index (χ0) is 16.3. The Kier molecular flexibility index (Phi) is 5.16. The van der Waals surface area contributed by atoms with Crippen LogP contribution >= 0.6 is 0 Å². The van der Waals surface area contributed by atoms with Crippen molar-refractivity contribution in [3.8, 4) is 0 Å². The molecule has 1 aliphatic heterocycles. The van der Waals surface area contributed by atoms with E-state index in [9.17, 15) is 14.0 Å². The summed E-state index contributed by atoms with van der Waals surface area (Å²) in [6.07, 6.45) is 2.04. The number of carbonyl (C=O) groups excluding carboxylic acids is 2. The Morgan fingerprint density at radius 3 is 2.73 bits per heavy atom. The molecule has 0 aliphatic carbocycles. The van der Waals surface area contributed by atoms with Crippen LogP contribution < -0.4 is 0 Å². The number of nitrogens with zero attached hydrogens (tertiary/aromatic N) is 2. The minimum Gasteiger partial charge on any atom is -0.349 e. The number of hydrogen-bond donors (Lipinski definition) is 0. The summed E-state index contributed by atoms with van der Waals surface area (Å²) in [5.41, 5.74) is 2.00. The lowest BCUT2D eigenvalue weighted by Crippen LogP contribution is -2.38. The van der Waals surface area contributed by atoms with Crippen molar-refractivity contribution in [2.75, 3.05) is 20.6 Å². The van der Waals surface area contributed by atoms with Gasteiger partial charge in [0.05, 0.1) is 6.04 Å². The van der Waals surface area contributed by atoms with Crippen LogP contribution in [0, 0.1) is 5.82 Å². The van der Waals surface area contributed by atoms with Gasteiger partial charge in [-0.1, -0.05) is 6.07 Å². The van der Waals surface area contributed by atoms with Gasteiger partial charge in [-0.05, 0) is 43.0 Å². The molecule has 1 atom stereocenters. The lowest BCUT2D eigenvalue weighted by Gasteiger charge is -2.35. The van der Waals surface area contributed by atoms with Gasteiger partial charge in [0.15, 0.2) is 0 Å². The number of hydrogen-bond acceptors (Lipinski definition) is 2. The monoisotopic (exact) mass is 306 g/mol. The zero-order valence-electron chi connectivity index (χ0n) is 13.4. The van der Waals surface area contributed by atoms with Crippen molar-refractivity contribution in [2.24, 2.45) is 0 Å². The lowest BCUT2D eigenvalue weighted by atomic mass is 9.93. The SMILES string of the molecule is CC1c2cc(F)ccc2CCN1C(=O)CCCC(=O)N(C)C. The molecule has 1 aromatic rings. The smallest absolute Gasteiger partial charge is 0.223 e. The van der Waals surface area contributed by atoms with Crippen LogP contribution in [-0.2, 0) is 16.0 Å². The summed E-state index contributed by atoms with van der Waals surface area (Å²) < 4.78 is 13.4. The second-order valence-electron chi connectivity index (χ2n) is 6.00. The molecule has 0 radical (unpaired) electrons. The molecule has 2 rings (SSSR count). The zero-order valence-corrected chi connectivity index (χ0v) is 13.4. The first-order valence-corrected chi connectivity index (χ1v) is 7.68. The van der Waals surface area contributed by atoms with E-state index in [2.05, 4.69) is 0 Å². The van der Waals surface area contributed by atoms with Gasteiger partial charge in [-0.3, -0.25) is 9.59 Å². The summed E-state index contributed by atoms with van der Waals surface area (Å²) >= 11 is 0. The van der Waals surface area contributed by atoms with E-state index in [1.807, 2.05) is 6.92 Å². The summed E-state index contributed by atoms with van der Waals surface area (Å²) in [7, 11) is 3.42. The first-order chi connectivity index (χ1) is 10.4. The van der Waals surface area contributed by atoms with Crippen molar-refractivity contribution in [1.82, 2.24) is 9.80 Å². The van der Waals surface area contributed by atoms with Crippen LogP contribution in [0.4, 0.5) is 4.39 Å². The van der Waals surface area contributed by atoms with Gasteiger partial charge in [-0.2, -0.15) is 0 Å². The third kappa shape index (κ3) is 3.64. The van der Waals surface area contributed by atoms with Gasteiger partial charge in [0.25, 0.3) is 0 Å². The van der Waals surface area contributed by atoms with Crippen molar-refractivity contribution >= 4 is 11.8 Å². The summed E-state index contributed by atoms with van der Waals surface area (Å²) in [5.74, 6) is -0.197. The Labute approximate surface area is 130 Å². The van der Waals surface area contributed by atoms with E-state index in [1.54, 1.807) is 25.1 Å². The van der Waals surface area contributed by atoms with Gasteiger partial charge in [-0.25, -0.2) is 4.39 Å². The van der Waals surface area contributed by atoms with Crippen LogP contribution in [0.1, 0.15) is 43.4 Å². The van der Waals surface area contributed by atoms with Crippen molar-refractivity contribution in [1.29, 1.82) is 0 Å². The highest BCUT2D eigenvalue weighted by atomic mass is 19.1. The van der Waals surface area contributed by atoms with Gasteiger partial charge in [0.1, 0.15) is 5.82 Å². The largest absolute Gasteiger partial charge is 0.349 e. The summed E-state index contributed by atoms with van der Waals surface area (Å²) in [5, 5.41) is 0. The van der Waals surface area contributed by atoms with Crippen molar-refractivity contribution < 1.29 is 14.0 Å². The van der Waals surface area contributed by atoms with Crippen molar-refractivity contribution in [3.05, 3.63) is 35.1 Å². The van der Waals surface area contributed by atoms with Gasteiger partial charge in [-0.15, -0.1) is 0 Å². The third-order valence-corrected chi connectivity index (χ3v) is 4.25. The number of benzene rings is 1. The molecule has 1 heterocycles. The molecule has 0 N–H and O–H groups in total. The highest BCUT2D eigenvalue weighted by molar-refractivity contribution is 5.79. The maximum absolute atomic E-state index is 13.4. The highest BCUT2D eigenvalue weighted by Gasteiger charge is 2.27. The average Bonchev–Trinajstić information content (AvgIpc) is 2.47. The van der Waals surface area contributed by atoms with Crippen molar-refractivity contribution in [2.45, 2.75) is 38.6 Å². The molecule has 1 unspecified atom stereocenters. The molecule has 4 nitrogen and oxygen atoms in total. The fraction of sp³-hybridized carbons (Fsp3) is 0.529. The molecule has 120 valence electrons. The average molecular weight is 306 g/mol. The number of fused-ring (bicyclic) bond motifs is 1. The minimum atomic E-state index is -0.267. The van der Waals surface area contributed by atoms with E-state index >= 15 is 0 Å². The maximum atomic E-state index is 13.4. The van der Waals surface area contributed by atoms with Crippen LogP contribution in [0.5, 0.6) is 0 Å². The summed E-state index contributed by atoms with van der Waals surface area (Å²) in [6, 6.07) is 4.68. The van der Waals surface area contributed by atoms with Crippen LogP contribution in [-0.4, -0.2) is 42.3 Å². The molecule has 0 saturated heterocycles. The van der Waals surface area contributed by atoms with E-state index in [-0.39, 0.29) is 23.7 Å². The van der Waals surface area contributed by atoms with E-state index < -0.39 is 0 Å². The molecule has 0 aromatic heterocycles. The number of halogens is 1. The van der Waals surface area contributed by atoms with E-state index in [1.165, 1.54) is 17.0 Å². The Hall–Kier alpha value is -1.91. The molecule has 0 spiro atoms. The number of rotatable bonds is 4. The molecule has 1 aliphatic rings. The minimum absolute atomic E-state index is 0.0342.